The van der Waals surface area contributed by atoms with Crippen molar-refractivity contribution < 1.29 is 13.2 Å². The minimum Gasteiger partial charge on any atom is -0.352 e. The smallest absolute Gasteiger partial charge is 0.243 e. The zero-order valence-corrected chi connectivity index (χ0v) is 20.1. The summed E-state index contributed by atoms with van der Waals surface area (Å²) in [6.07, 6.45) is 4.77. The van der Waals surface area contributed by atoms with E-state index in [0.29, 0.717) is 37.9 Å². The van der Waals surface area contributed by atoms with Crippen LogP contribution in [-0.4, -0.2) is 67.6 Å². The highest BCUT2D eigenvalue weighted by molar-refractivity contribution is 7.89. The third-order valence-electron chi connectivity index (χ3n) is 6.40. The summed E-state index contributed by atoms with van der Waals surface area (Å²) in [4.78, 5) is 15.8. The van der Waals surface area contributed by atoms with Crippen LogP contribution in [0.25, 0.3) is 0 Å². The highest BCUT2D eigenvalue weighted by Crippen LogP contribution is 2.26. The molecule has 178 valence electrons. The van der Waals surface area contributed by atoms with Gasteiger partial charge in [0.1, 0.15) is 0 Å². The van der Waals surface area contributed by atoms with Crippen molar-refractivity contribution in [3.05, 3.63) is 36.4 Å². The molecule has 2 aliphatic heterocycles. The molecule has 0 radical (unpaired) electrons. The second kappa shape index (κ2) is 10.0. The number of amides is 1. The second-order valence-corrected chi connectivity index (χ2v) is 10.5. The number of nitrogens with zero attached hydrogens (tertiary/aromatic N) is 5. The van der Waals surface area contributed by atoms with Crippen LogP contribution in [0.5, 0.6) is 0 Å². The molecule has 1 unspecified atom stereocenters. The lowest BCUT2D eigenvalue weighted by Gasteiger charge is -2.36. The van der Waals surface area contributed by atoms with Gasteiger partial charge in [0.25, 0.3) is 0 Å². The number of nitrogens with one attached hydrogen (secondary N) is 1. The Morgan fingerprint density at radius 2 is 1.64 bits per heavy atom. The van der Waals surface area contributed by atoms with Gasteiger partial charge in [-0.1, -0.05) is 6.92 Å². The quantitative estimate of drug-likeness (QED) is 0.690. The summed E-state index contributed by atoms with van der Waals surface area (Å²) in [6.45, 7) is 6.52. The standard InChI is InChI=1S/C23H32N6O3S/c1-3-20-6-4-5-13-29(20)23-12-11-22(25-26-23)27-14-16-28(17-15-27)33(31,32)21-9-7-19(8-10-21)24-18(2)30/h7-12,20H,3-6,13-17H2,1-2H3,(H,24,30). The van der Waals surface area contributed by atoms with Crippen LogP contribution in [0.2, 0.25) is 0 Å². The molecule has 2 saturated heterocycles. The van der Waals surface area contributed by atoms with Gasteiger partial charge < -0.3 is 15.1 Å². The van der Waals surface area contributed by atoms with Gasteiger partial charge in [-0.2, -0.15) is 4.31 Å². The minimum atomic E-state index is -3.59. The first-order valence-electron chi connectivity index (χ1n) is 11.6. The fourth-order valence-electron chi connectivity index (χ4n) is 4.59. The maximum absolute atomic E-state index is 13.0. The van der Waals surface area contributed by atoms with Crippen molar-refractivity contribution in [1.29, 1.82) is 0 Å². The number of carbonyl (C=O) groups excluding carboxylic acids is 1. The average Bonchev–Trinajstić information content (AvgIpc) is 2.84. The van der Waals surface area contributed by atoms with Crippen LogP contribution in [-0.2, 0) is 14.8 Å². The first kappa shape index (κ1) is 23.4. The Balaban J connectivity index is 1.37. The summed E-state index contributed by atoms with van der Waals surface area (Å²) in [5, 5.41) is 11.6. The molecule has 0 aliphatic carbocycles. The van der Waals surface area contributed by atoms with Gasteiger partial charge in [0.15, 0.2) is 11.6 Å². The van der Waals surface area contributed by atoms with Crippen LogP contribution in [0.3, 0.4) is 0 Å². The molecule has 0 spiro atoms. The van der Waals surface area contributed by atoms with Crippen molar-refractivity contribution in [2.45, 2.75) is 50.5 Å². The van der Waals surface area contributed by atoms with E-state index in [4.69, 9.17) is 0 Å². The molecule has 2 fully saturated rings. The van der Waals surface area contributed by atoms with Crippen LogP contribution in [0.4, 0.5) is 17.3 Å². The summed E-state index contributed by atoms with van der Waals surface area (Å²) >= 11 is 0. The number of piperidine rings is 1. The molecule has 0 bridgehead atoms. The van der Waals surface area contributed by atoms with E-state index in [2.05, 4.69) is 32.2 Å². The molecule has 1 aromatic carbocycles. The third kappa shape index (κ3) is 5.27. The number of rotatable bonds is 6. The number of hydrogen-bond donors (Lipinski definition) is 1. The van der Waals surface area contributed by atoms with Crippen molar-refractivity contribution in [1.82, 2.24) is 14.5 Å². The number of sulfonamides is 1. The van der Waals surface area contributed by atoms with Crippen LogP contribution >= 0.6 is 0 Å². The Bertz CT molecular complexity index is 1050. The Kier molecular flexibility index (Phi) is 7.14. The van der Waals surface area contributed by atoms with Gasteiger partial charge in [-0.15, -0.1) is 10.2 Å². The number of hydrogen-bond acceptors (Lipinski definition) is 7. The highest BCUT2D eigenvalue weighted by atomic mass is 32.2. The van der Waals surface area contributed by atoms with E-state index >= 15 is 0 Å². The fourth-order valence-corrected chi connectivity index (χ4v) is 6.01. The van der Waals surface area contributed by atoms with Gasteiger partial charge in [-0.25, -0.2) is 8.42 Å². The van der Waals surface area contributed by atoms with Crippen LogP contribution in [0.1, 0.15) is 39.5 Å². The Labute approximate surface area is 195 Å². The van der Waals surface area contributed by atoms with Crippen molar-refractivity contribution >= 4 is 33.3 Å². The van der Waals surface area contributed by atoms with Crippen LogP contribution in [0, 0.1) is 0 Å². The van der Waals surface area contributed by atoms with E-state index in [0.717, 1.165) is 24.6 Å². The largest absolute Gasteiger partial charge is 0.352 e. The number of anilines is 3. The maximum atomic E-state index is 13.0. The molecular weight excluding hydrogens is 440 g/mol. The van der Waals surface area contributed by atoms with Crippen molar-refractivity contribution in [2.24, 2.45) is 0 Å². The number of benzene rings is 1. The van der Waals surface area contributed by atoms with Gasteiger partial charge >= 0.3 is 0 Å². The van der Waals surface area contributed by atoms with E-state index < -0.39 is 10.0 Å². The van der Waals surface area contributed by atoms with E-state index in [1.807, 2.05) is 12.1 Å². The predicted molar refractivity (Wildman–Crippen MR) is 129 cm³/mol. The van der Waals surface area contributed by atoms with Crippen molar-refractivity contribution in [3.63, 3.8) is 0 Å². The van der Waals surface area contributed by atoms with Gasteiger partial charge in [-0.3, -0.25) is 4.79 Å². The lowest BCUT2D eigenvalue weighted by atomic mass is 10.0. The second-order valence-electron chi connectivity index (χ2n) is 8.60. The zero-order valence-electron chi connectivity index (χ0n) is 19.3. The number of aromatic nitrogens is 2. The fraction of sp³-hybridized carbons (Fsp3) is 0.522. The molecule has 1 aromatic heterocycles. The molecule has 0 saturated carbocycles. The third-order valence-corrected chi connectivity index (χ3v) is 8.32. The first-order valence-corrected chi connectivity index (χ1v) is 13.1. The van der Waals surface area contributed by atoms with E-state index in [1.54, 1.807) is 12.1 Å². The van der Waals surface area contributed by atoms with Crippen LogP contribution < -0.4 is 15.1 Å². The number of piperazine rings is 1. The number of carbonyl (C=O) groups is 1. The Morgan fingerprint density at radius 3 is 2.24 bits per heavy atom. The van der Waals surface area contributed by atoms with Crippen molar-refractivity contribution in [2.75, 3.05) is 47.8 Å². The molecule has 2 aliphatic rings. The zero-order chi connectivity index (χ0) is 23.4. The first-order chi connectivity index (χ1) is 15.9. The monoisotopic (exact) mass is 472 g/mol. The predicted octanol–water partition coefficient (Wildman–Crippen LogP) is 2.71. The topological polar surface area (TPSA) is 98.7 Å². The molecule has 1 atom stereocenters. The van der Waals surface area contributed by atoms with Gasteiger partial charge in [0.05, 0.1) is 4.90 Å². The van der Waals surface area contributed by atoms with E-state index in [1.165, 1.54) is 42.6 Å². The highest BCUT2D eigenvalue weighted by Gasteiger charge is 2.29. The Morgan fingerprint density at radius 1 is 0.970 bits per heavy atom. The molecule has 4 rings (SSSR count). The van der Waals surface area contributed by atoms with Crippen LogP contribution in [0.15, 0.2) is 41.3 Å². The maximum Gasteiger partial charge on any atom is 0.243 e. The molecule has 3 heterocycles. The van der Waals surface area contributed by atoms with Gasteiger partial charge in [-0.05, 0) is 62.1 Å². The van der Waals surface area contributed by atoms with E-state index in [-0.39, 0.29) is 10.8 Å². The van der Waals surface area contributed by atoms with Crippen molar-refractivity contribution in [3.8, 4) is 0 Å². The minimum absolute atomic E-state index is 0.195. The lowest BCUT2D eigenvalue weighted by Crippen LogP contribution is -2.49. The summed E-state index contributed by atoms with van der Waals surface area (Å²) in [6, 6.07) is 10.8. The Hall–Kier alpha value is -2.72. The summed E-state index contributed by atoms with van der Waals surface area (Å²) in [7, 11) is -3.59. The van der Waals surface area contributed by atoms with Gasteiger partial charge in [0, 0.05) is 51.4 Å². The molecule has 33 heavy (non-hydrogen) atoms. The summed E-state index contributed by atoms with van der Waals surface area (Å²) in [5.41, 5.74) is 0.572. The SMILES string of the molecule is CCC1CCCCN1c1ccc(N2CCN(S(=O)(=O)c3ccc(NC(C)=O)cc3)CC2)nn1. The van der Waals surface area contributed by atoms with E-state index in [9.17, 15) is 13.2 Å². The molecule has 2 aromatic rings. The average molecular weight is 473 g/mol. The molecule has 10 heteroatoms. The molecular formula is C23H32N6O3S. The lowest BCUT2D eigenvalue weighted by molar-refractivity contribution is -0.114. The summed E-state index contributed by atoms with van der Waals surface area (Å²) < 4.78 is 27.6. The normalized spacial score (nSPS) is 20.0. The van der Waals surface area contributed by atoms with Gasteiger partial charge in [0.2, 0.25) is 15.9 Å². The summed E-state index contributed by atoms with van der Waals surface area (Å²) in [5.74, 6) is 1.51. The molecule has 1 N–H and O–H groups in total. The molecule has 9 nitrogen and oxygen atoms in total. The molecule has 1 amide bonds.